The lowest BCUT2D eigenvalue weighted by molar-refractivity contribution is -0.124. The van der Waals surface area contributed by atoms with Crippen LogP contribution in [0.3, 0.4) is 0 Å². The van der Waals surface area contributed by atoms with Gasteiger partial charge >= 0.3 is 0 Å². The second-order valence-electron chi connectivity index (χ2n) is 6.06. The minimum absolute atomic E-state index is 0.155. The van der Waals surface area contributed by atoms with Crippen molar-refractivity contribution in [1.82, 2.24) is 4.90 Å². The van der Waals surface area contributed by atoms with Crippen molar-refractivity contribution in [3.8, 4) is 0 Å². The van der Waals surface area contributed by atoms with Crippen LogP contribution < -0.4 is 0 Å². The highest BCUT2D eigenvalue weighted by molar-refractivity contribution is 5.86. The molecule has 0 aliphatic carbocycles. The van der Waals surface area contributed by atoms with Gasteiger partial charge in [-0.2, -0.15) is 0 Å². The molecular weight excluding hydrogens is 246 g/mol. The molecule has 0 N–H and O–H groups in total. The molecular formula is C18H27NO. The van der Waals surface area contributed by atoms with Gasteiger partial charge < -0.3 is 0 Å². The lowest BCUT2D eigenvalue weighted by atomic mass is 9.91. The first-order valence-electron chi connectivity index (χ1n) is 7.95. The van der Waals surface area contributed by atoms with Gasteiger partial charge in [0.25, 0.3) is 0 Å². The van der Waals surface area contributed by atoms with E-state index in [1.165, 1.54) is 29.5 Å². The molecule has 0 unspecified atom stereocenters. The zero-order valence-electron chi connectivity index (χ0n) is 13.1. The number of benzene rings is 1. The van der Waals surface area contributed by atoms with Gasteiger partial charge in [0.15, 0.2) is 5.78 Å². The summed E-state index contributed by atoms with van der Waals surface area (Å²) in [6.07, 6.45) is 5.22. The van der Waals surface area contributed by atoms with E-state index in [4.69, 9.17) is 0 Å². The van der Waals surface area contributed by atoms with Crippen molar-refractivity contribution in [3.05, 3.63) is 34.9 Å². The molecule has 2 rings (SSSR count). The van der Waals surface area contributed by atoms with Crippen LogP contribution in [0, 0.1) is 13.8 Å². The number of hydrogen-bond acceptors (Lipinski definition) is 2. The van der Waals surface area contributed by atoms with E-state index >= 15 is 0 Å². The summed E-state index contributed by atoms with van der Waals surface area (Å²) in [5.41, 5.74) is 3.73. The number of likely N-dealkylation sites (tertiary alicyclic amines) is 1. The molecule has 1 saturated heterocycles. The Morgan fingerprint density at radius 2 is 1.95 bits per heavy atom. The number of aryl methyl sites for hydroxylation is 2. The maximum absolute atomic E-state index is 12.7. The van der Waals surface area contributed by atoms with Crippen LogP contribution in [0.5, 0.6) is 0 Å². The molecule has 0 saturated carbocycles. The summed E-state index contributed by atoms with van der Waals surface area (Å²) in [4.78, 5) is 15.1. The van der Waals surface area contributed by atoms with E-state index in [2.05, 4.69) is 43.9 Å². The van der Waals surface area contributed by atoms with Gasteiger partial charge in [-0.3, -0.25) is 9.69 Å². The maximum atomic E-state index is 12.7. The molecule has 110 valence electrons. The van der Waals surface area contributed by atoms with Gasteiger partial charge in [-0.05, 0) is 62.9 Å². The molecule has 20 heavy (non-hydrogen) atoms. The van der Waals surface area contributed by atoms with Crippen LogP contribution >= 0.6 is 0 Å². The summed E-state index contributed by atoms with van der Waals surface area (Å²) in [7, 11) is 0. The number of carbonyl (C=O) groups excluding carboxylic acids is 1. The summed E-state index contributed by atoms with van der Waals surface area (Å²) >= 11 is 0. The molecule has 2 heteroatoms. The minimum atomic E-state index is 0.155. The first-order valence-corrected chi connectivity index (χ1v) is 7.95. The van der Waals surface area contributed by atoms with Crippen LogP contribution in [-0.2, 0) is 11.2 Å². The molecule has 1 aliphatic heterocycles. The lowest BCUT2D eigenvalue weighted by Crippen LogP contribution is -2.45. The van der Waals surface area contributed by atoms with E-state index in [1.54, 1.807) is 0 Å². The van der Waals surface area contributed by atoms with Gasteiger partial charge in [0.1, 0.15) is 0 Å². The molecule has 1 atom stereocenters. The Balaban J connectivity index is 2.10. The summed E-state index contributed by atoms with van der Waals surface area (Å²) < 4.78 is 0. The van der Waals surface area contributed by atoms with Gasteiger partial charge in [0.05, 0.1) is 6.04 Å². The fraction of sp³-hybridized carbons (Fsp3) is 0.611. The van der Waals surface area contributed by atoms with Crippen molar-refractivity contribution in [1.29, 1.82) is 0 Å². The molecule has 1 heterocycles. The second-order valence-corrected chi connectivity index (χ2v) is 6.06. The Kier molecular flexibility index (Phi) is 5.36. The van der Waals surface area contributed by atoms with E-state index in [9.17, 15) is 4.79 Å². The number of carbonyl (C=O) groups is 1. The van der Waals surface area contributed by atoms with Crippen molar-refractivity contribution in [2.75, 3.05) is 13.1 Å². The van der Waals surface area contributed by atoms with Gasteiger partial charge in [-0.15, -0.1) is 0 Å². The predicted molar refractivity (Wildman–Crippen MR) is 84.1 cm³/mol. The first-order chi connectivity index (χ1) is 9.63. The van der Waals surface area contributed by atoms with E-state index in [0.29, 0.717) is 12.2 Å². The molecule has 0 bridgehead atoms. The minimum Gasteiger partial charge on any atom is -0.298 e. The molecule has 0 spiro atoms. The molecule has 2 nitrogen and oxygen atoms in total. The highest BCUT2D eigenvalue weighted by Gasteiger charge is 2.28. The summed E-state index contributed by atoms with van der Waals surface area (Å²) in [5.74, 6) is 0.413. The molecule has 0 aromatic heterocycles. The summed E-state index contributed by atoms with van der Waals surface area (Å²) in [6, 6.07) is 6.45. The largest absolute Gasteiger partial charge is 0.298 e. The lowest BCUT2D eigenvalue weighted by Gasteiger charge is -2.34. The van der Waals surface area contributed by atoms with Crippen molar-refractivity contribution in [2.45, 2.75) is 58.9 Å². The van der Waals surface area contributed by atoms with Crippen molar-refractivity contribution in [3.63, 3.8) is 0 Å². The van der Waals surface area contributed by atoms with Gasteiger partial charge in [-0.1, -0.05) is 31.5 Å². The maximum Gasteiger partial charge on any atom is 0.154 e. The van der Waals surface area contributed by atoms with Crippen LogP contribution in [0.1, 0.15) is 49.3 Å². The normalized spacial score (nSPS) is 20.1. The number of nitrogens with zero attached hydrogens (tertiary/aromatic N) is 1. The Hall–Kier alpha value is -1.15. The van der Waals surface area contributed by atoms with E-state index < -0.39 is 0 Å². The van der Waals surface area contributed by atoms with Crippen LogP contribution in [0.4, 0.5) is 0 Å². The summed E-state index contributed by atoms with van der Waals surface area (Å²) in [6.45, 7) is 8.57. The SMILES string of the molecule is CCCN1CCCC[C@@H]1C(=O)Cc1c(C)cccc1C. The third kappa shape index (κ3) is 3.49. The Morgan fingerprint density at radius 3 is 2.60 bits per heavy atom. The monoisotopic (exact) mass is 273 g/mol. The van der Waals surface area contributed by atoms with Crippen molar-refractivity contribution >= 4 is 5.78 Å². The highest BCUT2D eigenvalue weighted by atomic mass is 16.1. The first kappa shape index (κ1) is 15.2. The van der Waals surface area contributed by atoms with E-state index in [0.717, 1.165) is 25.9 Å². The second kappa shape index (κ2) is 7.03. The Labute approximate surface area is 123 Å². The van der Waals surface area contributed by atoms with Crippen LogP contribution in [0.15, 0.2) is 18.2 Å². The smallest absolute Gasteiger partial charge is 0.154 e. The Morgan fingerprint density at radius 1 is 1.25 bits per heavy atom. The van der Waals surface area contributed by atoms with Gasteiger partial charge in [-0.25, -0.2) is 0 Å². The average molecular weight is 273 g/mol. The zero-order valence-corrected chi connectivity index (χ0v) is 13.1. The standard InChI is InChI=1S/C18H27NO/c1-4-11-19-12-6-5-10-17(19)18(20)13-16-14(2)8-7-9-15(16)3/h7-9,17H,4-6,10-13H2,1-3H3/t17-/m1/s1. The highest BCUT2D eigenvalue weighted by Crippen LogP contribution is 2.21. The Bertz CT molecular complexity index is 444. The zero-order chi connectivity index (χ0) is 14.5. The van der Waals surface area contributed by atoms with Crippen LogP contribution in [0.25, 0.3) is 0 Å². The van der Waals surface area contributed by atoms with Crippen molar-refractivity contribution in [2.24, 2.45) is 0 Å². The van der Waals surface area contributed by atoms with E-state index in [1.807, 2.05) is 0 Å². The molecule has 1 aromatic rings. The van der Waals surface area contributed by atoms with Gasteiger partial charge in [0, 0.05) is 6.42 Å². The number of rotatable bonds is 5. The quantitative estimate of drug-likeness (QED) is 0.815. The fourth-order valence-electron chi connectivity index (χ4n) is 3.33. The molecule has 0 radical (unpaired) electrons. The third-order valence-electron chi connectivity index (χ3n) is 4.49. The van der Waals surface area contributed by atoms with Crippen LogP contribution in [-0.4, -0.2) is 29.8 Å². The van der Waals surface area contributed by atoms with E-state index in [-0.39, 0.29) is 6.04 Å². The topological polar surface area (TPSA) is 20.3 Å². The van der Waals surface area contributed by atoms with Gasteiger partial charge in [0.2, 0.25) is 0 Å². The number of Topliss-reactive ketones (excluding diaryl/α,β-unsaturated/α-hetero) is 1. The fourth-order valence-corrected chi connectivity index (χ4v) is 3.33. The predicted octanol–water partition coefficient (Wildman–Crippen LogP) is 3.68. The number of hydrogen-bond donors (Lipinski definition) is 0. The average Bonchev–Trinajstić information content (AvgIpc) is 2.44. The third-order valence-corrected chi connectivity index (χ3v) is 4.49. The number of piperidine rings is 1. The summed E-state index contributed by atoms with van der Waals surface area (Å²) in [5, 5.41) is 0. The molecule has 0 amide bonds. The molecule has 1 aliphatic rings. The number of ketones is 1. The van der Waals surface area contributed by atoms with Crippen LogP contribution in [0.2, 0.25) is 0 Å². The van der Waals surface area contributed by atoms with Crippen molar-refractivity contribution < 1.29 is 4.79 Å². The molecule has 1 fully saturated rings. The molecule has 1 aromatic carbocycles.